The van der Waals surface area contributed by atoms with Gasteiger partial charge in [-0.2, -0.15) is 0 Å². The van der Waals surface area contributed by atoms with Crippen LogP contribution in [0.15, 0.2) is 12.4 Å². The zero-order chi connectivity index (χ0) is 12.0. The van der Waals surface area contributed by atoms with E-state index >= 15 is 0 Å². The second-order valence-corrected chi connectivity index (χ2v) is 3.49. The van der Waals surface area contributed by atoms with Gasteiger partial charge in [-0.3, -0.25) is 9.97 Å². The molecule has 0 spiro atoms. The Bertz CT molecular complexity index is 355. The number of nitrogens with two attached hydrogens (primary N) is 1. The lowest BCUT2D eigenvalue weighted by molar-refractivity contribution is 0.249. The van der Waals surface area contributed by atoms with E-state index in [1.54, 1.807) is 12.4 Å². The number of carbonyl (C=O) groups excluding carboxylic acids is 1. The van der Waals surface area contributed by atoms with Crippen LogP contribution in [0.2, 0.25) is 0 Å². The van der Waals surface area contributed by atoms with Crippen molar-refractivity contribution >= 4 is 6.03 Å². The average molecular weight is 223 g/mol. The van der Waals surface area contributed by atoms with E-state index in [9.17, 15) is 4.79 Å². The summed E-state index contributed by atoms with van der Waals surface area (Å²) in [6.45, 7) is 5.06. The predicted octanol–water partition coefficient (Wildman–Crippen LogP) is 0.104. The minimum atomic E-state index is -0.509. The van der Waals surface area contributed by atoms with Crippen LogP contribution in [-0.2, 0) is 0 Å². The van der Waals surface area contributed by atoms with Gasteiger partial charge in [0.25, 0.3) is 0 Å². The van der Waals surface area contributed by atoms with Gasteiger partial charge in [0.05, 0.1) is 11.4 Å². The van der Waals surface area contributed by atoms with Crippen LogP contribution in [0.3, 0.4) is 0 Å². The molecule has 0 saturated carbocycles. The first-order valence-electron chi connectivity index (χ1n) is 5.15. The number of carbonyl (C=O) groups is 1. The quantitative estimate of drug-likeness (QED) is 0.617. The van der Waals surface area contributed by atoms with E-state index in [1.165, 1.54) is 0 Å². The molecule has 1 atom stereocenters. The minimum absolute atomic E-state index is 0.100. The van der Waals surface area contributed by atoms with Crippen LogP contribution in [0.5, 0.6) is 0 Å². The molecular weight excluding hydrogens is 206 g/mol. The van der Waals surface area contributed by atoms with Crippen molar-refractivity contribution < 1.29 is 4.79 Å². The van der Waals surface area contributed by atoms with E-state index in [0.717, 1.165) is 11.4 Å². The number of primary amides is 1. The highest BCUT2D eigenvalue weighted by Crippen LogP contribution is 2.10. The molecule has 1 heterocycles. The number of hydrogen-bond donors (Lipinski definition) is 3. The lowest BCUT2D eigenvalue weighted by Gasteiger charge is -2.14. The van der Waals surface area contributed by atoms with Crippen molar-refractivity contribution in [3.8, 4) is 0 Å². The van der Waals surface area contributed by atoms with Gasteiger partial charge in [0.15, 0.2) is 0 Å². The van der Waals surface area contributed by atoms with E-state index in [2.05, 4.69) is 20.6 Å². The molecule has 4 N–H and O–H groups in total. The highest BCUT2D eigenvalue weighted by atomic mass is 16.2. The highest BCUT2D eigenvalue weighted by Gasteiger charge is 2.08. The first-order valence-corrected chi connectivity index (χ1v) is 5.15. The smallest absolute Gasteiger partial charge is 0.312 e. The Morgan fingerprint density at radius 3 is 2.75 bits per heavy atom. The van der Waals surface area contributed by atoms with Gasteiger partial charge < -0.3 is 16.4 Å². The van der Waals surface area contributed by atoms with Crippen LogP contribution in [0.4, 0.5) is 4.79 Å². The molecule has 1 aromatic rings. The summed E-state index contributed by atoms with van der Waals surface area (Å²) in [6, 6.07) is -0.409. The number of hydrogen-bond acceptors (Lipinski definition) is 4. The molecule has 16 heavy (non-hydrogen) atoms. The van der Waals surface area contributed by atoms with E-state index in [4.69, 9.17) is 5.73 Å². The van der Waals surface area contributed by atoms with Crippen molar-refractivity contribution in [2.45, 2.75) is 19.9 Å². The molecule has 6 nitrogen and oxygen atoms in total. The molecule has 1 aromatic heterocycles. The largest absolute Gasteiger partial charge is 0.352 e. The fourth-order valence-electron chi connectivity index (χ4n) is 1.41. The van der Waals surface area contributed by atoms with Gasteiger partial charge in [-0.25, -0.2) is 4.79 Å². The molecule has 1 rings (SSSR count). The number of amides is 2. The standard InChI is InChI=1S/C10H17N5O/c1-7-9(14-5-3-12-7)8(2)13-4-6-15-10(11)16/h3,5,8,13H,4,6H2,1-2H3,(H3,11,15,16). The fourth-order valence-corrected chi connectivity index (χ4v) is 1.41. The first kappa shape index (κ1) is 12.4. The summed E-state index contributed by atoms with van der Waals surface area (Å²) >= 11 is 0. The van der Waals surface area contributed by atoms with Gasteiger partial charge in [-0.15, -0.1) is 0 Å². The van der Waals surface area contributed by atoms with Crippen LogP contribution in [0.1, 0.15) is 24.4 Å². The average Bonchev–Trinajstić information content (AvgIpc) is 2.24. The van der Waals surface area contributed by atoms with Gasteiger partial charge in [0.2, 0.25) is 0 Å². The molecule has 0 aliphatic rings. The van der Waals surface area contributed by atoms with E-state index in [1.807, 2.05) is 13.8 Å². The van der Waals surface area contributed by atoms with Gasteiger partial charge in [-0.1, -0.05) is 0 Å². The molecule has 1 unspecified atom stereocenters. The molecule has 0 fully saturated rings. The zero-order valence-electron chi connectivity index (χ0n) is 9.53. The third-order valence-corrected chi connectivity index (χ3v) is 2.20. The second kappa shape index (κ2) is 6.02. The Hall–Kier alpha value is -1.69. The highest BCUT2D eigenvalue weighted by molar-refractivity contribution is 5.71. The first-order chi connectivity index (χ1) is 7.61. The van der Waals surface area contributed by atoms with Crippen LogP contribution < -0.4 is 16.4 Å². The summed E-state index contributed by atoms with van der Waals surface area (Å²) in [5.41, 5.74) is 6.77. The van der Waals surface area contributed by atoms with E-state index < -0.39 is 6.03 Å². The third-order valence-electron chi connectivity index (χ3n) is 2.20. The summed E-state index contributed by atoms with van der Waals surface area (Å²) in [4.78, 5) is 18.8. The number of aromatic nitrogens is 2. The van der Waals surface area contributed by atoms with Crippen LogP contribution in [0.25, 0.3) is 0 Å². The van der Waals surface area contributed by atoms with Crippen LogP contribution in [0, 0.1) is 6.92 Å². The predicted molar refractivity (Wildman–Crippen MR) is 60.8 cm³/mol. The van der Waals surface area contributed by atoms with Crippen molar-refractivity contribution in [3.63, 3.8) is 0 Å². The van der Waals surface area contributed by atoms with Crippen molar-refractivity contribution in [2.24, 2.45) is 5.73 Å². The maximum Gasteiger partial charge on any atom is 0.312 e. The summed E-state index contributed by atoms with van der Waals surface area (Å²) in [6.07, 6.45) is 3.34. The number of rotatable bonds is 5. The summed E-state index contributed by atoms with van der Waals surface area (Å²) in [5.74, 6) is 0. The molecule has 2 amide bonds. The molecule has 0 aliphatic heterocycles. The molecule has 0 bridgehead atoms. The SMILES string of the molecule is Cc1nccnc1C(C)NCCNC(N)=O. The number of nitrogens with zero attached hydrogens (tertiary/aromatic N) is 2. The third kappa shape index (κ3) is 3.82. The summed E-state index contributed by atoms with van der Waals surface area (Å²) in [5, 5.41) is 5.73. The number of aryl methyl sites for hydroxylation is 1. The Morgan fingerprint density at radius 1 is 1.44 bits per heavy atom. The van der Waals surface area contributed by atoms with Crippen molar-refractivity contribution in [2.75, 3.05) is 13.1 Å². The van der Waals surface area contributed by atoms with Gasteiger partial charge in [-0.05, 0) is 13.8 Å². The molecular formula is C10H17N5O. The maximum atomic E-state index is 10.4. The van der Waals surface area contributed by atoms with Crippen molar-refractivity contribution in [3.05, 3.63) is 23.8 Å². The van der Waals surface area contributed by atoms with Crippen molar-refractivity contribution in [1.82, 2.24) is 20.6 Å². The molecule has 6 heteroatoms. The Kier molecular flexibility index (Phi) is 4.65. The molecule has 0 aliphatic carbocycles. The van der Waals surface area contributed by atoms with Gasteiger partial charge >= 0.3 is 6.03 Å². The van der Waals surface area contributed by atoms with E-state index in [-0.39, 0.29) is 6.04 Å². The maximum absolute atomic E-state index is 10.4. The monoisotopic (exact) mass is 223 g/mol. The minimum Gasteiger partial charge on any atom is -0.352 e. The van der Waals surface area contributed by atoms with Crippen LogP contribution >= 0.6 is 0 Å². The number of urea groups is 1. The Morgan fingerprint density at radius 2 is 2.12 bits per heavy atom. The topological polar surface area (TPSA) is 92.9 Å². The summed E-state index contributed by atoms with van der Waals surface area (Å²) < 4.78 is 0. The Balaban J connectivity index is 2.38. The normalized spacial score (nSPS) is 12.1. The van der Waals surface area contributed by atoms with E-state index in [0.29, 0.717) is 13.1 Å². The summed E-state index contributed by atoms with van der Waals surface area (Å²) in [7, 11) is 0. The van der Waals surface area contributed by atoms with Gasteiger partial charge in [0, 0.05) is 31.5 Å². The lowest BCUT2D eigenvalue weighted by atomic mass is 10.2. The Labute approximate surface area is 94.7 Å². The van der Waals surface area contributed by atoms with Crippen LogP contribution in [-0.4, -0.2) is 29.1 Å². The number of nitrogens with one attached hydrogen (secondary N) is 2. The molecule has 88 valence electrons. The lowest BCUT2D eigenvalue weighted by Crippen LogP contribution is -2.36. The molecule has 0 saturated heterocycles. The molecule has 0 aromatic carbocycles. The fraction of sp³-hybridized carbons (Fsp3) is 0.500. The molecule has 0 radical (unpaired) electrons. The van der Waals surface area contributed by atoms with Crippen molar-refractivity contribution in [1.29, 1.82) is 0 Å². The van der Waals surface area contributed by atoms with Gasteiger partial charge in [0.1, 0.15) is 0 Å². The zero-order valence-corrected chi connectivity index (χ0v) is 9.53. The second-order valence-electron chi connectivity index (χ2n) is 3.49.